The van der Waals surface area contributed by atoms with E-state index in [0.29, 0.717) is 18.9 Å². The molecule has 0 saturated heterocycles. The topological polar surface area (TPSA) is 79.5 Å². The molecule has 0 aliphatic carbocycles. The van der Waals surface area contributed by atoms with Crippen molar-refractivity contribution < 1.29 is 4.79 Å². The molecule has 6 heteroatoms. The summed E-state index contributed by atoms with van der Waals surface area (Å²) >= 11 is 0. The molecule has 0 aromatic carbocycles. The van der Waals surface area contributed by atoms with E-state index in [1.807, 2.05) is 34.6 Å². The van der Waals surface area contributed by atoms with Crippen molar-refractivity contribution in [3.05, 3.63) is 0 Å². The molecule has 5 nitrogen and oxygen atoms in total. The highest BCUT2D eigenvalue weighted by atomic mass is 127. The minimum atomic E-state index is -0.105. The van der Waals surface area contributed by atoms with Gasteiger partial charge in [0.2, 0.25) is 5.91 Å². The average Bonchev–Trinajstić information content (AvgIpc) is 2.14. The van der Waals surface area contributed by atoms with Gasteiger partial charge in [0.15, 0.2) is 5.96 Å². The van der Waals surface area contributed by atoms with E-state index in [9.17, 15) is 4.79 Å². The van der Waals surface area contributed by atoms with Crippen LogP contribution in [0.15, 0.2) is 4.99 Å². The molecule has 0 heterocycles. The second-order valence-corrected chi connectivity index (χ2v) is 5.27. The zero-order valence-electron chi connectivity index (χ0n) is 12.0. The van der Waals surface area contributed by atoms with Gasteiger partial charge < -0.3 is 16.4 Å². The number of hydrogen-bond donors (Lipinski definition) is 3. The van der Waals surface area contributed by atoms with Gasteiger partial charge in [-0.05, 0) is 34.1 Å². The van der Waals surface area contributed by atoms with Gasteiger partial charge in [-0.15, -0.1) is 24.0 Å². The number of carbonyl (C=O) groups excluding carboxylic acids is 1. The summed E-state index contributed by atoms with van der Waals surface area (Å²) in [5.41, 5.74) is 5.58. The third-order valence-electron chi connectivity index (χ3n) is 2.14. The number of carbonyl (C=O) groups is 1. The fourth-order valence-corrected chi connectivity index (χ4v) is 1.15. The number of rotatable bonds is 5. The lowest BCUT2D eigenvalue weighted by molar-refractivity contribution is -0.121. The number of guanidine groups is 1. The number of hydrogen-bond acceptors (Lipinski definition) is 2. The Hall–Kier alpha value is -0.530. The highest BCUT2D eigenvalue weighted by Crippen LogP contribution is 1.97. The summed E-state index contributed by atoms with van der Waals surface area (Å²) in [7, 11) is 0. The Labute approximate surface area is 127 Å². The average molecular weight is 370 g/mol. The summed E-state index contributed by atoms with van der Waals surface area (Å²) in [5.74, 6) is 0.403. The Morgan fingerprint density at radius 2 is 1.94 bits per heavy atom. The van der Waals surface area contributed by atoms with Crippen LogP contribution >= 0.6 is 24.0 Å². The van der Waals surface area contributed by atoms with Crippen LogP contribution in [0.25, 0.3) is 0 Å². The van der Waals surface area contributed by atoms with Crippen molar-refractivity contribution in [1.82, 2.24) is 10.6 Å². The zero-order chi connectivity index (χ0) is 13.5. The molecule has 108 valence electrons. The normalized spacial score (nSPS) is 13.5. The molecule has 0 radical (unpaired) electrons. The maximum Gasteiger partial charge on any atom is 0.222 e. The molecule has 1 amide bonds. The molecular weight excluding hydrogens is 343 g/mol. The van der Waals surface area contributed by atoms with Crippen molar-refractivity contribution in [2.24, 2.45) is 10.7 Å². The first kappa shape index (κ1) is 19.8. The molecule has 0 rings (SSSR count). The van der Waals surface area contributed by atoms with Gasteiger partial charge in [-0.25, -0.2) is 0 Å². The van der Waals surface area contributed by atoms with Crippen LogP contribution < -0.4 is 16.4 Å². The van der Waals surface area contributed by atoms with Crippen molar-refractivity contribution in [2.75, 3.05) is 6.54 Å². The highest BCUT2D eigenvalue weighted by Gasteiger charge is 2.10. The van der Waals surface area contributed by atoms with Crippen LogP contribution in [0.1, 0.15) is 47.5 Å². The molecule has 1 unspecified atom stereocenters. The number of halogens is 1. The van der Waals surface area contributed by atoms with Gasteiger partial charge in [0.05, 0.1) is 6.54 Å². The van der Waals surface area contributed by atoms with Gasteiger partial charge in [0.25, 0.3) is 0 Å². The lowest BCUT2D eigenvalue weighted by atomic mass is 10.1. The number of nitrogens with zero attached hydrogens (tertiary/aromatic N) is 1. The second-order valence-electron chi connectivity index (χ2n) is 5.27. The number of nitrogens with one attached hydrogen (secondary N) is 2. The van der Waals surface area contributed by atoms with Crippen LogP contribution in [0.2, 0.25) is 0 Å². The van der Waals surface area contributed by atoms with E-state index >= 15 is 0 Å². The van der Waals surface area contributed by atoms with Crippen molar-refractivity contribution in [3.63, 3.8) is 0 Å². The monoisotopic (exact) mass is 370 g/mol. The highest BCUT2D eigenvalue weighted by molar-refractivity contribution is 14.0. The molecule has 0 bridgehead atoms. The van der Waals surface area contributed by atoms with E-state index < -0.39 is 0 Å². The summed E-state index contributed by atoms with van der Waals surface area (Å²) in [5, 5.41) is 5.92. The van der Waals surface area contributed by atoms with Gasteiger partial charge in [0, 0.05) is 18.0 Å². The first-order valence-corrected chi connectivity index (χ1v) is 6.12. The molecule has 0 saturated carbocycles. The van der Waals surface area contributed by atoms with Gasteiger partial charge in [-0.3, -0.25) is 9.79 Å². The lowest BCUT2D eigenvalue weighted by Crippen LogP contribution is -2.45. The summed E-state index contributed by atoms with van der Waals surface area (Å²) in [6.07, 6.45) is 1.31. The molecule has 4 N–H and O–H groups in total. The third kappa shape index (κ3) is 11.9. The van der Waals surface area contributed by atoms with Crippen LogP contribution in [0.3, 0.4) is 0 Å². The van der Waals surface area contributed by atoms with Crippen molar-refractivity contribution in [2.45, 2.75) is 59.0 Å². The van der Waals surface area contributed by atoms with E-state index in [1.165, 1.54) is 0 Å². The van der Waals surface area contributed by atoms with Crippen LogP contribution in [-0.4, -0.2) is 30.0 Å². The van der Waals surface area contributed by atoms with Gasteiger partial charge >= 0.3 is 0 Å². The zero-order valence-corrected chi connectivity index (χ0v) is 14.4. The number of amides is 1. The maximum absolute atomic E-state index is 11.4. The summed E-state index contributed by atoms with van der Waals surface area (Å²) in [4.78, 5) is 15.5. The molecular formula is C12H27IN4O. The molecule has 0 aliphatic rings. The largest absolute Gasteiger partial charge is 0.370 e. The Morgan fingerprint density at radius 3 is 2.39 bits per heavy atom. The Bertz CT molecular complexity index is 274. The minimum absolute atomic E-state index is 0. The van der Waals surface area contributed by atoms with Gasteiger partial charge in [0.1, 0.15) is 0 Å². The molecule has 0 spiro atoms. The van der Waals surface area contributed by atoms with E-state index in [1.54, 1.807) is 0 Å². The number of nitrogens with two attached hydrogens (primary N) is 1. The Balaban J connectivity index is 0. The fraction of sp³-hybridized carbons (Fsp3) is 0.833. The smallest absolute Gasteiger partial charge is 0.222 e. The van der Waals surface area contributed by atoms with Gasteiger partial charge in [-0.1, -0.05) is 6.92 Å². The number of aliphatic imine (C=N–C) groups is 1. The van der Waals surface area contributed by atoms with E-state index in [4.69, 9.17) is 5.73 Å². The predicted octanol–water partition coefficient (Wildman–Crippen LogP) is 1.61. The molecule has 1 atom stereocenters. The Morgan fingerprint density at radius 1 is 1.39 bits per heavy atom. The van der Waals surface area contributed by atoms with Crippen molar-refractivity contribution >= 4 is 35.8 Å². The molecule has 0 fully saturated rings. The van der Waals surface area contributed by atoms with E-state index in [-0.39, 0.29) is 41.5 Å². The first-order valence-electron chi connectivity index (χ1n) is 6.12. The van der Waals surface area contributed by atoms with E-state index in [0.717, 1.165) is 6.42 Å². The van der Waals surface area contributed by atoms with Crippen LogP contribution in [0, 0.1) is 0 Å². The standard InChI is InChI=1S/C12H26N4O.HI/c1-6-9(2)15-10(17)7-8-14-11(13)16-12(3,4)5;/h9H,6-8H2,1-5H3,(H,15,17)(H3,13,14,16);1H. The molecule has 0 aromatic heterocycles. The minimum Gasteiger partial charge on any atom is -0.370 e. The van der Waals surface area contributed by atoms with Crippen LogP contribution in [-0.2, 0) is 4.79 Å². The fourth-order valence-electron chi connectivity index (χ4n) is 1.15. The summed E-state index contributed by atoms with van der Waals surface area (Å²) in [6, 6.07) is 0.219. The Kier molecular flexibility index (Phi) is 10.3. The summed E-state index contributed by atoms with van der Waals surface area (Å²) < 4.78 is 0. The first-order chi connectivity index (χ1) is 7.74. The lowest BCUT2D eigenvalue weighted by Gasteiger charge is -2.20. The quantitative estimate of drug-likeness (QED) is 0.391. The van der Waals surface area contributed by atoms with Gasteiger partial charge in [-0.2, -0.15) is 0 Å². The van der Waals surface area contributed by atoms with Crippen LogP contribution in [0.5, 0.6) is 0 Å². The SMILES string of the molecule is CCC(C)NC(=O)CCN=C(N)NC(C)(C)C.I. The summed E-state index contributed by atoms with van der Waals surface area (Å²) in [6.45, 7) is 10.4. The molecule has 18 heavy (non-hydrogen) atoms. The maximum atomic E-state index is 11.4. The van der Waals surface area contributed by atoms with Crippen molar-refractivity contribution in [3.8, 4) is 0 Å². The van der Waals surface area contributed by atoms with E-state index in [2.05, 4.69) is 15.6 Å². The van der Waals surface area contributed by atoms with Crippen LogP contribution in [0.4, 0.5) is 0 Å². The second kappa shape index (κ2) is 9.41. The molecule has 0 aliphatic heterocycles. The van der Waals surface area contributed by atoms with Crippen molar-refractivity contribution in [1.29, 1.82) is 0 Å². The molecule has 0 aromatic rings. The third-order valence-corrected chi connectivity index (χ3v) is 2.14. The predicted molar refractivity (Wildman–Crippen MR) is 87.3 cm³/mol.